The van der Waals surface area contributed by atoms with Crippen LogP contribution in [-0.2, 0) is 11.1 Å². The summed E-state index contributed by atoms with van der Waals surface area (Å²) >= 11 is -0.285. The van der Waals surface area contributed by atoms with Gasteiger partial charge < -0.3 is 0 Å². The molecule has 0 saturated carbocycles. The van der Waals surface area contributed by atoms with Gasteiger partial charge in [0, 0.05) is 6.08 Å². The van der Waals surface area contributed by atoms with Crippen LogP contribution in [0.5, 0.6) is 0 Å². The van der Waals surface area contributed by atoms with Crippen molar-refractivity contribution in [2.45, 2.75) is 39.0 Å². The van der Waals surface area contributed by atoms with Crippen LogP contribution in [0.15, 0.2) is 82.0 Å². The molecular formula is C22H24NS+. The lowest BCUT2D eigenvalue weighted by Crippen LogP contribution is -2.23. The Morgan fingerprint density at radius 1 is 1.17 bits per heavy atom. The Kier molecular flexibility index (Phi) is 6.82. The van der Waals surface area contributed by atoms with Crippen molar-refractivity contribution < 1.29 is 0 Å². The van der Waals surface area contributed by atoms with Crippen molar-refractivity contribution in [3.63, 3.8) is 0 Å². The van der Waals surface area contributed by atoms with Gasteiger partial charge in [0.2, 0.25) is 0 Å². The zero-order valence-electron chi connectivity index (χ0n) is 14.8. The fraction of sp³-hybridized carbons (Fsp3) is 0.227. The fourth-order valence-corrected chi connectivity index (χ4v) is 4.08. The number of allylic oxidation sites excluding steroid dienone is 5. The summed E-state index contributed by atoms with van der Waals surface area (Å²) in [7, 11) is 0. The van der Waals surface area contributed by atoms with Crippen LogP contribution in [0.3, 0.4) is 0 Å². The number of hydrogen-bond donors (Lipinski definition) is 0. The van der Waals surface area contributed by atoms with E-state index in [1.807, 2.05) is 13.0 Å². The van der Waals surface area contributed by atoms with Crippen LogP contribution in [0, 0.1) is 18.9 Å². The molecule has 0 bridgehead atoms. The molecule has 2 heteroatoms. The van der Waals surface area contributed by atoms with Crippen molar-refractivity contribution in [1.82, 2.24) is 4.31 Å². The molecule has 1 unspecified atom stereocenters. The normalized spacial score (nSPS) is 14.5. The van der Waals surface area contributed by atoms with Gasteiger partial charge in [-0.25, -0.2) is 0 Å². The zero-order chi connectivity index (χ0) is 17.4. The summed E-state index contributed by atoms with van der Waals surface area (Å²) in [6, 6.07) is 12.0. The Balaban J connectivity index is 2.52. The van der Waals surface area contributed by atoms with Crippen LogP contribution < -0.4 is 0 Å². The number of benzene rings is 1. The molecule has 122 valence electrons. The van der Waals surface area contributed by atoms with Crippen molar-refractivity contribution in [3.8, 4) is 12.0 Å². The second-order valence-electron chi connectivity index (χ2n) is 5.47. The molecule has 1 aliphatic rings. The van der Waals surface area contributed by atoms with Gasteiger partial charge in [-0.3, -0.25) is 0 Å². The number of nitrogens with zero attached hydrogens (tertiary/aromatic N) is 1. The topological polar surface area (TPSA) is 3.24 Å². The lowest BCUT2D eigenvalue weighted by molar-refractivity contribution is 0.871. The summed E-state index contributed by atoms with van der Waals surface area (Å²) in [4.78, 5) is 2.49. The summed E-state index contributed by atoms with van der Waals surface area (Å²) in [6.07, 6.45) is 13.7. The highest BCUT2D eigenvalue weighted by Crippen LogP contribution is 2.28. The molecule has 24 heavy (non-hydrogen) atoms. The smallest absolute Gasteiger partial charge is 0.117 e. The third kappa shape index (κ3) is 4.83. The SMILES string of the molecule is CC#CN(/C=C\CC)[S+](C1=CC=C=C(C)C=C1)c1ccc(C)cc1. The molecule has 0 aliphatic heterocycles. The number of hydrogen-bond acceptors (Lipinski definition) is 1. The molecule has 1 aromatic rings. The molecule has 0 N–H and O–H groups in total. The van der Waals surface area contributed by atoms with E-state index in [2.05, 4.69) is 97.5 Å². The Morgan fingerprint density at radius 2 is 1.92 bits per heavy atom. The van der Waals surface area contributed by atoms with Crippen molar-refractivity contribution >= 4 is 11.1 Å². The van der Waals surface area contributed by atoms with Crippen molar-refractivity contribution in [2.75, 3.05) is 0 Å². The average Bonchev–Trinajstić information content (AvgIpc) is 2.79. The summed E-state index contributed by atoms with van der Waals surface area (Å²) in [5.74, 6) is 3.05. The molecule has 1 atom stereocenters. The van der Waals surface area contributed by atoms with Gasteiger partial charge >= 0.3 is 0 Å². The van der Waals surface area contributed by atoms with E-state index in [-0.39, 0.29) is 11.1 Å². The van der Waals surface area contributed by atoms with E-state index in [9.17, 15) is 0 Å². The first-order chi connectivity index (χ1) is 11.7. The van der Waals surface area contributed by atoms with E-state index < -0.39 is 0 Å². The molecule has 2 rings (SSSR count). The maximum Gasteiger partial charge on any atom is 0.190 e. The fourth-order valence-electron chi connectivity index (χ4n) is 2.18. The van der Waals surface area contributed by atoms with Crippen molar-refractivity contribution in [2.24, 2.45) is 0 Å². The maximum atomic E-state index is 3.26. The third-order valence-corrected chi connectivity index (χ3v) is 5.46. The highest BCUT2D eigenvalue weighted by atomic mass is 32.2. The molecule has 0 radical (unpaired) electrons. The molecule has 0 fully saturated rings. The van der Waals surface area contributed by atoms with E-state index in [0.717, 1.165) is 12.0 Å². The quantitative estimate of drug-likeness (QED) is 0.291. The summed E-state index contributed by atoms with van der Waals surface area (Å²) in [6.45, 7) is 8.20. The first kappa shape index (κ1) is 18.0. The van der Waals surface area contributed by atoms with Crippen LogP contribution in [0.2, 0.25) is 0 Å². The molecule has 0 amide bonds. The van der Waals surface area contributed by atoms with Gasteiger partial charge in [0.1, 0.15) is 0 Å². The predicted molar refractivity (Wildman–Crippen MR) is 106 cm³/mol. The minimum atomic E-state index is -0.285. The lowest BCUT2D eigenvalue weighted by atomic mass is 10.2. The second-order valence-corrected chi connectivity index (χ2v) is 7.38. The summed E-state index contributed by atoms with van der Waals surface area (Å²) < 4.78 is 2.12. The second kappa shape index (κ2) is 9.08. The zero-order valence-corrected chi connectivity index (χ0v) is 15.7. The van der Waals surface area contributed by atoms with Crippen LogP contribution in [-0.4, -0.2) is 4.31 Å². The van der Waals surface area contributed by atoms with E-state index in [4.69, 9.17) is 0 Å². The van der Waals surface area contributed by atoms with Gasteiger partial charge in [-0.1, -0.05) is 36.6 Å². The van der Waals surface area contributed by atoms with E-state index in [1.54, 1.807) is 0 Å². The van der Waals surface area contributed by atoms with Gasteiger partial charge in [-0.15, -0.1) is 10.0 Å². The molecule has 1 nitrogen and oxygen atoms in total. The summed E-state index contributed by atoms with van der Waals surface area (Å²) in [5.41, 5.74) is 5.66. The van der Waals surface area contributed by atoms with Crippen molar-refractivity contribution in [1.29, 1.82) is 0 Å². The molecule has 0 aromatic heterocycles. The van der Waals surface area contributed by atoms with Gasteiger partial charge in [0.15, 0.2) is 20.9 Å². The van der Waals surface area contributed by atoms with Gasteiger partial charge in [-0.2, -0.15) is 0 Å². The van der Waals surface area contributed by atoms with Gasteiger partial charge in [-0.05, 0) is 63.1 Å². The molecule has 0 heterocycles. The largest absolute Gasteiger partial charge is 0.190 e. The maximum absolute atomic E-state index is 3.26. The number of aryl methyl sites for hydroxylation is 1. The molecule has 0 spiro atoms. The molecular weight excluding hydrogens is 310 g/mol. The average molecular weight is 335 g/mol. The van der Waals surface area contributed by atoms with E-state index in [1.165, 1.54) is 15.4 Å². The Labute approximate surface area is 149 Å². The minimum Gasteiger partial charge on any atom is -0.117 e. The highest BCUT2D eigenvalue weighted by Gasteiger charge is 2.33. The monoisotopic (exact) mass is 334 g/mol. The molecule has 0 saturated heterocycles. The van der Waals surface area contributed by atoms with Crippen LogP contribution in [0.25, 0.3) is 0 Å². The third-order valence-electron chi connectivity index (χ3n) is 3.42. The van der Waals surface area contributed by atoms with Crippen LogP contribution >= 0.6 is 0 Å². The molecule has 1 aromatic carbocycles. The lowest BCUT2D eigenvalue weighted by Gasteiger charge is -2.15. The Bertz CT molecular complexity index is 775. The van der Waals surface area contributed by atoms with Crippen LogP contribution in [0.1, 0.15) is 32.8 Å². The van der Waals surface area contributed by atoms with Gasteiger partial charge in [0.25, 0.3) is 0 Å². The van der Waals surface area contributed by atoms with Crippen LogP contribution in [0.4, 0.5) is 0 Å². The number of rotatable bonds is 5. The molecule has 1 aliphatic carbocycles. The Hall–Kier alpha value is -2.33. The first-order valence-corrected chi connectivity index (χ1v) is 9.35. The van der Waals surface area contributed by atoms with E-state index >= 15 is 0 Å². The standard InChI is InChI=1S/C22H24NS/c1-5-7-18-23(17-6-2)24(22-15-12-20(4)13-16-22)21-10-8-9-19(3)11-14-21/h7-8,10-16,18H,5H2,1-4H3/q+1/b18-7-. The van der Waals surface area contributed by atoms with Crippen molar-refractivity contribution in [3.05, 3.63) is 82.6 Å². The van der Waals surface area contributed by atoms with Gasteiger partial charge in [0.05, 0.1) is 12.2 Å². The summed E-state index contributed by atoms with van der Waals surface area (Å²) in [5, 5.41) is 0. The van der Waals surface area contributed by atoms with E-state index in [0.29, 0.717) is 0 Å². The Morgan fingerprint density at radius 3 is 2.58 bits per heavy atom. The first-order valence-electron chi connectivity index (χ1n) is 8.16. The minimum absolute atomic E-state index is 0.285. The highest BCUT2D eigenvalue weighted by molar-refractivity contribution is 7.98. The predicted octanol–water partition coefficient (Wildman–Crippen LogP) is 5.65.